The molecule has 0 spiro atoms. The molecule has 0 aliphatic rings. The Labute approximate surface area is 59.8 Å². The third-order valence-electron chi connectivity index (χ3n) is 0.167. The topological polar surface area (TPSA) is 52.0 Å². The first-order chi connectivity index (χ1) is 2.91. The first-order valence-corrected chi connectivity index (χ1v) is 7.88. The van der Waals surface area contributed by atoms with Crippen molar-refractivity contribution in [2.24, 2.45) is 11.5 Å². The molecule has 0 atom stereocenters. The van der Waals surface area contributed by atoms with Gasteiger partial charge in [-0.3, -0.25) is 0 Å². The Balaban J connectivity index is 0. The average Bonchev–Trinajstić information content (AvgIpc) is 1.72. The Bertz CT molecular complexity index is 13.5. The van der Waals surface area contributed by atoms with Crippen LogP contribution in [0, 0.1) is 0 Å². The standard InChI is InChI=1S/C2H8N2.HI.Pt/c3-1-2-4;;/h1-4H2;1H;/q;;+1/p-1. The maximum absolute atomic E-state index is 4.90. The van der Waals surface area contributed by atoms with Crippen molar-refractivity contribution >= 4 is 19.4 Å². The van der Waals surface area contributed by atoms with Crippen molar-refractivity contribution < 1.29 is 16.1 Å². The Hall–Kier alpha value is 1.34. The van der Waals surface area contributed by atoms with Crippen LogP contribution < -0.4 is 11.5 Å². The van der Waals surface area contributed by atoms with E-state index in [-0.39, 0.29) is 0 Å². The second kappa shape index (κ2) is 16.2. The van der Waals surface area contributed by atoms with Crippen LogP contribution in [0.5, 0.6) is 0 Å². The van der Waals surface area contributed by atoms with Gasteiger partial charge in [-0.15, -0.1) is 0 Å². The summed E-state index contributed by atoms with van der Waals surface area (Å²) >= 11 is 4.23. The zero-order valence-electron chi connectivity index (χ0n) is 3.26. The summed E-state index contributed by atoms with van der Waals surface area (Å²) in [5.74, 6) is 0. The van der Waals surface area contributed by atoms with Crippen LogP contribution in [0.25, 0.3) is 0 Å². The van der Waals surface area contributed by atoms with Crippen LogP contribution in [0.3, 0.4) is 0 Å². The van der Waals surface area contributed by atoms with Gasteiger partial charge in [0.15, 0.2) is 0 Å². The molecular formula is C2H8IN2Pt. The summed E-state index contributed by atoms with van der Waals surface area (Å²) in [6.45, 7) is 1.19. The van der Waals surface area contributed by atoms with Gasteiger partial charge >= 0.3 is 35.5 Å². The van der Waals surface area contributed by atoms with E-state index in [0.29, 0.717) is 13.1 Å². The van der Waals surface area contributed by atoms with Gasteiger partial charge in [0.05, 0.1) is 0 Å². The van der Waals surface area contributed by atoms with E-state index < -0.39 is 0 Å². The fourth-order valence-electron chi connectivity index (χ4n) is 0. The fraction of sp³-hybridized carbons (Fsp3) is 1.00. The van der Waals surface area contributed by atoms with E-state index >= 15 is 0 Å². The molecule has 0 fully saturated rings. The molecule has 0 aromatic heterocycles. The number of rotatable bonds is 1. The van der Waals surface area contributed by atoms with Gasteiger partial charge in [-0.2, -0.15) is 0 Å². The number of halogens is 1. The quantitative estimate of drug-likeness (QED) is 0.617. The van der Waals surface area contributed by atoms with Gasteiger partial charge in [-0.25, -0.2) is 0 Å². The Morgan fingerprint density at radius 1 is 1.17 bits per heavy atom. The third-order valence-corrected chi connectivity index (χ3v) is 0.167. The predicted octanol–water partition coefficient (Wildman–Crippen LogP) is -0.213. The van der Waals surface area contributed by atoms with Crippen LogP contribution in [0.1, 0.15) is 0 Å². The molecule has 4 N–H and O–H groups in total. The summed E-state index contributed by atoms with van der Waals surface area (Å²) in [7, 11) is 0. The van der Waals surface area contributed by atoms with E-state index in [0.717, 1.165) is 0 Å². The normalized spacial score (nSPS) is 6.17. The van der Waals surface area contributed by atoms with Gasteiger partial charge in [0.2, 0.25) is 0 Å². The summed E-state index contributed by atoms with van der Waals surface area (Å²) in [6, 6.07) is 0. The Morgan fingerprint density at radius 3 is 1.33 bits per heavy atom. The van der Waals surface area contributed by atoms with E-state index in [1.165, 1.54) is 0 Å². The fourth-order valence-corrected chi connectivity index (χ4v) is 0. The number of nitrogens with two attached hydrogens (primary N) is 2. The molecule has 0 heterocycles. The van der Waals surface area contributed by atoms with Crippen LogP contribution in [0.2, 0.25) is 0 Å². The molecule has 0 aromatic carbocycles. The average molecular weight is 382 g/mol. The second-order valence-corrected chi connectivity index (χ2v) is 0.577. The molecule has 0 saturated heterocycles. The molecule has 0 rings (SSSR count). The van der Waals surface area contributed by atoms with E-state index in [4.69, 9.17) is 11.5 Å². The van der Waals surface area contributed by atoms with Crippen molar-refractivity contribution in [1.82, 2.24) is 0 Å². The SMILES string of the molecule is NCCN.[I][Pt]. The minimum absolute atomic E-state index is 0.597. The molecule has 0 unspecified atom stereocenters. The monoisotopic (exact) mass is 382 g/mol. The second-order valence-electron chi connectivity index (χ2n) is 0.577. The molecular weight excluding hydrogens is 374 g/mol. The number of hydrogen-bond donors (Lipinski definition) is 2. The third kappa shape index (κ3) is 18.4. The minimum atomic E-state index is 0.597. The molecule has 0 aliphatic heterocycles. The van der Waals surface area contributed by atoms with Crippen LogP contribution in [-0.4, -0.2) is 13.1 Å². The van der Waals surface area contributed by atoms with Gasteiger partial charge in [-0.1, -0.05) is 0 Å². The van der Waals surface area contributed by atoms with Crippen molar-refractivity contribution in [3.8, 4) is 0 Å². The first-order valence-electron chi connectivity index (χ1n) is 1.44. The van der Waals surface area contributed by atoms with Crippen LogP contribution in [-0.2, 0) is 16.1 Å². The van der Waals surface area contributed by atoms with Crippen molar-refractivity contribution in [1.29, 1.82) is 0 Å². The van der Waals surface area contributed by atoms with Gasteiger partial charge in [-0.05, 0) is 0 Å². The Morgan fingerprint density at radius 2 is 1.33 bits per heavy atom. The van der Waals surface area contributed by atoms with Gasteiger partial charge < -0.3 is 11.5 Å². The molecule has 2 nitrogen and oxygen atoms in total. The molecule has 0 aromatic rings. The summed E-state index contributed by atoms with van der Waals surface area (Å²) in [4.78, 5) is 0. The zero-order valence-corrected chi connectivity index (χ0v) is 7.69. The molecule has 0 bridgehead atoms. The molecule has 0 amide bonds. The molecule has 0 aliphatic carbocycles. The van der Waals surface area contributed by atoms with Crippen molar-refractivity contribution in [2.45, 2.75) is 0 Å². The Kier molecular flexibility index (Phi) is 27.9. The summed E-state index contributed by atoms with van der Waals surface area (Å²) < 4.78 is 0. The van der Waals surface area contributed by atoms with Crippen molar-refractivity contribution in [3.05, 3.63) is 0 Å². The zero-order chi connectivity index (χ0) is 5.41. The molecule has 6 heavy (non-hydrogen) atoms. The van der Waals surface area contributed by atoms with E-state index in [1.54, 1.807) is 0 Å². The predicted molar refractivity (Wildman–Crippen MR) is 32.1 cm³/mol. The van der Waals surface area contributed by atoms with Crippen LogP contribution in [0.15, 0.2) is 0 Å². The molecule has 0 radical (unpaired) electrons. The molecule has 0 saturated carbocycles. The van der Waals surface area contributed by atoms with Crippen LogP contribution in [0.4, 0.5) is 0 Å². The van der Waals surface area contributed by atoms with Crippen molar-refractivity contribution in [3.63, 3.8) is 0 Å². The summed E-state index contributed by atoms with van der Waals surface area (Å²) in [6.07, 6.45) is 0. The summed E-state index contributed by atoms with van der Waals surface area (Å²) in [5, 5.41) is 0. The van der Waals surface area contributed by atoms with Crippen molar-refractivity contribution in [2.75, 3.05) is 13.1 Å². The number of hydrogen-bond acceptors (Lipinski definition) is 2. The van der Waals surface area contributed by atoms with Gasteiger partial charge in [0, 0.05) is 13.1 Å². The van der Waals surface area contributed by atoms with E-state index in [9.17, 15) is 0 Å². The van der Waals surface area contributed by atoms with E-state index in [1.807, 2.05) is 0 Å². The van der Waals surface area contributed by atoms with E-state index in [2.05, 4.69) is 35.5 Å². The van der Waals surface area contributed by atoms with Gasteiger partial charge in [0.25, 0.3) is 0 Å². The molecule has 43 valence electrons. The first kappa shape index (κ1) is 10.3. The summed E-state index contributed by atoms with van der Waals surface area (Å²) in [5.41, 5.74) is 9.81. The van der Waals surface area contributed by atoms with Crippen LogP contribution >= 0.6 is 19.4 Å². The maximum atomic E-state index is 4.90. The molecule has 4 heteroatoms. The van der Waals surface area contributed by atoms with Gasteiger partial charge in [0.1, 0.15) is 0 Å².